The third kappa shape index (κ3) is 3.07. The van der Waals surface area contributed by atoms with Crippen molar-refractivity contribution in [3.05, 3.63) is 15.8 Å². The summed E-state index contributed by atoms with van der Waals surface area (Å²) in [6, 6.07) is 1.59. The Labute approximate surface area is 114 Å². The predicted molar refractivity (Wildman–Crippen MR) is 69.7 cm³/mol. The highest BCUT2D eigenvalue weighted by molar-refractivity contribution is 7.91. The van der Waals surface area contributed by atoms with Gasteiger partial charge in [-0.15, -0.1) is 11.3 Å². The minimum absolute atomic E-state index is 0.0355. The number of sulfone groups is 1. The van der Waals surface area contributed by atoms with Crippen LogP contribution in [0.3, 0.4) is 0 Å². The summed E-state index contributed by atoms with van der Waals surface area (Å²) >= 11 is 1.10. The van der Waals surface area contributed by atoms with Crippen LogP contribution in [0.1, 0.15) is 21.5 Å². The minimum Gasteiger partial charge on any atom is -0.485 e. The van der Waals surface area contributed by atoms with Gasteiger partial charge < -0.3 is 14.9 Å². The lowest BCUT2D eigenvalue weighted by Gasteiger charge is -2.14. The van der Waals surface area contributed by atoms with E-state index in [4.69, 9.17) is 9.84 Å². The van der Waals surface area contributed by atoms with Gasteiger partial charge in [-0.25, -0.2) is 13.2 Å². The summed E-state index contributed by atoms with van der Waals surface area (Å²) in [5.74, 6) is -1.61. The van der Waals surface area contributed by atoms with Crippen molar-refractivity contribution in [3.63, 3.8) is 0 Å². The number of thiophene rings is 1. The molecule has 1 aliphatic heterocycles. The van der Waals surface area contributed by atoms with Gasteiger partial charge in [-0.05, 0) is 12.5 Å². The van der Waals surface area contributed by atoms with Crippen molar-refractivity contribution in [2.75, 3.05) is 11.5 Å². The number of aryl methyl sites for hydroxylation is 1. The van der Waals surface area contributed by atoms with Crippen LogP contribution in [0.2, 0.25) is 0 Å². The predicted octanol–water partition coefficient (Wildman–Crippen LogP) is 0.545. The number of aliphatic hydroxyl groups is 1. The topological polar surface area (TPSA) is 101 Å². The summed E-state index contributed by atoms with van der Waals surface area (Å²) in [5.41, 5.74) is 0. The summed E-state index contributed by atoms with van der Waals surface area (Å²) in [6.45, 7) is 1.89. The maximum Gasteiger partial charge on any atom is 0.349 e. The molecule has 1 aliphatic rings. The molecule has 1 aromatic heterocycles. The van der Waals surface area contributed by atoms with E-state index in [0.717, 1.165) is 16.2 Å². The van der Waals surface area contributed by atoms with Crippen molar-refractivity contribution in [2.45, 2.75) is 25.6 Å². The van der Waals surface area contributed by atoms with E-state index in [1.165, 1.54) is 0 Å². The van der Waals surface area contributed by atoms with Crippen molar-refractivity contribution in [1.29, 1.82) is 0 Å². The van der Waals surface area contributed by atoms with Crippen LogP contribution >= 0.6 is 11.3 Å². The molecular weight excluding hydrogens is 292 g/mol. The van der Waals surface area contributed by atoms with Gasteiger partial charge in [0.05, 0.1) is 11.5 Å². The molecule has 0 aromatic carbocycles. The molecular formula is C11H14O6S2. The molecule has 8 heteroatoms. The van der Waals surface area contributed by atoms with Gasteiger partial charge >= 0.3 is 5.97 Å². The summed E-state index contributed by atoms with van der Waals surface area (Å²) in [4.78, 5) is 12.0. The van der Waals surface area contributed by atoms with Crippen LogP contribution in [-0.2, 0) is 16.3 Å². The zero-order valence-corrected chi connectivity index (χ0v) is 11.8. The molecule has 6 nitrogen and oxygen atoms in total. The first kappa shape index (κ1) is 14.3. The lowest BCUT2D eigenvalue weighted by atomic mass is 10.2. The lowest BCUT2D eigenvalue weighted by molar-refractivity contribution is 0.0644. The van der Waals surface area contributed by atoms with Crippen molar-refractivity contribution in [3.8, 4) is 5.75 Å². The molecule has 0 bridgehead atoms. The summed E-state index contributed by atoms with van der Waals surface area (Å²) in [7, 11) is -3.32. The molecule has 19 heavy (non-hydrogen) atoms. The molecule has 2 rings (SSSR count). The lowest BCUT2D eigenvalue weighted by Crippen LogP contribution is -2.30. The molecule has 2 atom stereocenters. The molecule has 2 unspecified atom stereocenters. The number of hydrogen-bond donors (Lipinski definition) is 2. The van der Waals surface area contributed by atoms with Gasteiger partial charge in [0.2, 0.25) is 0 Å². The Kier molecular flexibility index (Phi) is 3.84. The number of hydrogen-bond acceptors (Lipinski definition) is 6. The van der Waals surface area contributed by atoms with E-state index in [-0.39, 0.29) is 22.1 Å². The van der Waals surface area contributed by atoms with E-state index in [1.807, 2.05) is 6.92 Å². The van der Waals surface area contributed by atoms with Gasteiger partial charge in [-0.3, -0.25) is 0 Å². The van der Waals surface area contributed by atoms with Gasteiger partial charge in [0.15, 0.2) is 14.7 Å². The van der Waals surface area contributed by atoms with Crippen LogP contribution in [0.4, 0.5) is 0 Å². The molecule has 0 saturated carbocycles. The highest BCUT2D eigenvalue weighted by atomic mass is 32.2. The maximum atomic E-state index is 11.4. The second-order valence-electron chi connectivity index (χ2n) is 4.37. The fraction of sp³-hybridized carbons (Fsp3) is 0.545. The Morgan fingerprint density at radius 1 is 1.53 bits per heavy atom. The first-order valence-electron chi connectivity index (χ1n) is 5.73. The summed E-state index contributed by atoms with van der Waals surface area (Å²) in [6.07, 6.45) is -1.35. The maximum absolute atomic E-state index is 11.4. The number of ether oxygens (including phenoxy) is 1. The largest absolute Gasteiger partial charge is 0.485 e. The fourth-order valence-corrected chi connectivity index (χ4v) is 4.44. The smallest absolute Gasteiger partial charge is 0.349 e. The molecule has 106 valence electrons. The Bertz CT molecular complexity index is 588. The van der Waals surface area contributed by atoms with Crippen LogP contribution in [0.15, 0.2) is 6.07 Å². The molecule has 1 fully saturated rings. The van der Waals surface area contributed by atoms with E-state index < -0.39 is 28.0 Å². The number of aliphatic hydroxyl groups excluding tert-OH is 1. The fourth-order valence-electron chi connectivity index (χ4n) is 1.91. The number of aromatic carboxylic acids is 1. The number of rotatable bonds is 4. The molecule has 1 aromatic rings. The molecule has 0 aliphatic carbocycles. The highest BCUT2D eigenvalue weighted by Crippen LogP contribution is 2.32. The average Bonchev–Trinajstić information content (AvgIpc) is 2.80. The van der Waals surface area contributed by atoms with Gasteiger partial charge in [0.25, 0.3) is 0 Å². The monoisotopic (exact) mass is 306 g/mol. The second kappa shape index (κ2) is 5.10. The number of carboxylic acids is 1. The third-order valence-corrected chi connectivity index (χ3v) is 5.78. The van der Waals surface area contributed by atoms with Crippen molar-refractivity contribution in [1.82, 2.24) is 0 Å². The normalized spacial score (nSPS) is 25.4. The number of carbonyl (C=O) groups is 1. The Hall–Kier alpha value is -1.12. The van der Waals surface area contributed by atoms with E-state index in [9.17, 15) is 18.3 Å². The summed E-state index contributed by atoms with van der Waals surface area (Å²) < 4.78 is 28.1. The quantitative estimate of drug-likeness (QED) is 0.842. The number of carboxylic acid groups (broad SMARTS) is 1. The molecule has 1 saturated heterocycles. The van der Waals surface area contributed by atoms with E-state index >= 15 is 0 Å². The highest BCUT2D eigenvalue weighted by Gasteiger charge is 2.39. The molecule has 2 N–H and O–H groups in total. The zero-order chi connectivity index (χ0) is 14.2. The third-order valence-electron chi connectivity index (χ3n) is 2.84. The Morgan fingerprint density at radius 2 is 2.21 bits per heavy atom. The Balaban J connectivity index is 2.24. The van der Waals surface area contributed by atoms with Crippen LogP contribution in [-0.4, -0.2) is 48.3 Å². The summed E-state index contributed by atoms with van der Waals surface area (Å²) in [5, 5.41) is 18.7. The first-order chi connectivity index (χ1) is 8.82. The van der Waals surface area contributed by atoms with E-state index in [0.29, 0.717) is 6.42 Å². The second-order valence-corrected chi connectivity index (χ2v) is 7.66. The zero-order valence-electron chi connectivity index (χ0n) is 10.2. The van der Waals surface area contributed by atoms with E-state index in [1.54, 1.807) is 6.07 Å². The Morgan fingerprint density at radius 3 is 2.68 bits per heavy atom. The van der Waals surface area contributed by atoms with Crippen LogP contribution < -0.4 is 4.74 Å². The van der Waals surface area contributed by atoms with E-state index in [2.05, 4.69) is 0 Å². The average molecular weight is 306 g/mol. The standard InChI is InChI=1S/C11H14O6S2/c1-2-6-3-8(10(18-6)11(13)14)17-9-5-19(15,16)4-7(9)12/h3,7,9,12H,2,4-5H2,1H3,(H,13,14). The van der Waals surface area contributed by atoms with Gasteiger partial charge in [-0.2, -0.15) is 0 Å². The van der Waals surface area contributed by atoms with Crippen molar-refractivity contribution < 1.29 is 28.2 Å². The van der Waals surface area contributed by atoms with Crippen LogP contribution in [0, 0.1) is 0 Å². The van der Waals surface area contributed by atoms with Gasteiger partial charge in [0.1, 0.15) is 18.0 Å². The molecule has 0 amide bonds. The minimum atomic E-state index is -3.32. The van der Waals surface area contributed by atoms with Crippen molar-refractivity contribution >= 4 is 27.1 Å². The van der Waals surface area contributed by atoms with Crippen LogP contribution in [0.5, 0.6) is 5.75 Å². The van der Waals surface area contributed by atoms with Gasteiger partial charge in [0, 0.05) is 4.88 Å². The van der Waals surface area contributed by atoms with Crippen molar-refractivity contribution in [2.24, 2.45) is 0 Å². The SMILES string of the molecule is CCc1cc(OC2CS(=O)(=O)CC2O)c(C(=O)O)s1. The first-order valence-corrected chi connectivity index (χ1v) is 8.37. The van der Waals surface area contributed by atoms with Crippen LogP contribution in [0.25, 0.3) is 0 Å². The van der Waals surface area contributed by atoms with Gasteiger partial charge in [-0.1, -0.05) is 6.92 Å². The molecule has 0 spiro atoms. The molecule has 2 heterocycles. The molecule has 0 radical (unpaired) electrons.